The van der Waals surface area contributed by atoms with Crippen molar-refractivity contribution in [1.82, 2.24) is 10.3 Å². The lowest BCUT2D eigenvalue weighted by atomic mass is 10.1. The summed E-state index contributed by atoms with van der Waals surface area (Å²) in [4.78, 5) is 15.5. The van der Waals surface area contributed by atoms with Crippen LogP contribution in [-0.4, -0.2) is 23.0 Å². The fraction of sp³-hybridized carbons (Fsp3) is 0.455. The SMILES string of the molecule is CC(C)(C)NC(=O)CNc1cc(N)cc(Cl)n1. The van der Waals surface area contributed by atoms with E-state index in [9.17, 15) is 4.79 Å². The van der Waals surface area contributed by atoms with E-state index in [-0.39, 0.29) is 18.0 Å². The predicted molar refractivity (Wildman–Crippen MR) is 70.0 cm³/mol. The third-order valence-electron chi connectivity index (χ3n) is 1.76. The number of carbonyl (C=O) groups excluding carboxylic acids is 1. The molecule has 6 heteroatoms. The van der Waals surface area contributed by atoms with Crippen molar-refractivity contribution in [1.29, 1.82) is 0 Å². The Hall–Kier alpha value is -1.49. The summed E-state index contributed by atoms with van der Waals surface area (Å²) < 4.78 is 0. The van der Waals surface area contributed by atoms with Crippen LogP contribution in [0, 0.1) is 0 Å². The second-order valence-corrected chi connectivity index (χ2v) is 5.15. The van der Waals surface area contributed by atoms with Crippen molar-refractivity contribution in [3.63, 3.8) is 0 Å². The molecule has 0 saturated carbocycles. The lowest BCUT2D eigenvalue weighted by Crippen LogP contribution is -2.43. The van der Waals surface area contributed by atoms with Crippen molar-refractivity contribution in [3.8, 4) is 0 Å². The van der Waals surface area contributed by atoms with Crippen LogP contribution in [-0.2, 0) is 4.79 Å². The van der Waals surface area contributed by atoms with Crippen LogP contribution >= 0.6 is 11.6 Å². The van der Waals surface area contributed by atoms with E-state index >= 15 is 0 Å². The van der Waals surface area contributed by atoms with Gasteiger partial charge in [0.25, 0.3) is 0 Å². The highest BCUT2D eigenvalue weighted by Gasteiger charge is 2.13. The lowest BCUT2D eigenvalue weighted by Gasteiger charge is -2.20. The summed E-state index contributed by atoms with van der Waals surface area (Å²) in [6, 6.07) is 3.16. The molecule has 94 valence electrons. The van der Waals surface area contributed by atoms with Gasteiger partial charge in [0.05, 0.1) is 6.54 Å². The standard InChI is InChI=1S/C11H17ClN4O/c1-11(2,3)16-10(17)6-14-9-5-7(13)4-8(12)15-9/h4-5H,6H2,1-3H3,(H,16,17)(H3,13,14,15). The Labute approximate surface area is 106 Å². The highest BCUT2D eigenvalue weighted by atomic mass is 35.5. The van der Waals surface area contributed by atoms with E-state index in [2.05, 4.69) is 15.6 Å². The summed E-state index contributed by atoms with van der Waals surface area (Å²) >= 11 is 5.74. The van der Waals surface area contributed by atoms with E-state index in [0.29, 0.717) is 16.7 Å². The molecule has 1 aromatic heterocycles. The van der Waals surface area contributed by atoms with E-state index in [1.165, 1.54) is 0 Å². The van der Waals surface area contributed by atoms with E-state index in [1.807, 2.05) is 20.8 Å². The van der Waals surface area contributed by atoms with Crippen LogP contribution in [0.5, 0.6) is 0 Å². The molecule has 0 aliphatic rings. The van der Waals surface area contributed by atoms with Crippen LogP contribution in [0.4, 0.5) is 11.5 Å². The van der Waals surface area contributed by atoms with Gasteiger partial charge < -0.3 is 16.4 Å². The van der Waals surface area contributed by atoms with Crippen LogP contribution in [0.15, 0.2) is 12.1 Å². The van der Waals surface area contributed by atoms with Crippen LogP contribution in [0.3, 0.4) is 0 Å². The van der Waals surface area contributed by atoms with Gasteiger partial charge in [-0.15, -0.1) is 0 Å². The first-order valence-electron chi connectivity index (χ1n) is 5.24. The number of pyridine rings is 1. The van der Waals surface area contributed by atoms with Gasteiger partial charge in [-0.1, -0.05) is 11.6 Å². The van der Waals surface area contributed by atoms with Crippen molar-refractivity contribution in [3.05, 3.63) is 17.3 Å². The van der Waals surface area contributed by atoms with E-state index in [0.717, 1.165) is 0 Å². The molecule has 1 heterocycles. The number of halogens is 1. The van der Waals surface area contributed by atoms with Gasteiger partial charge in [-0.05, 0) is 26.8 Å². The third-order valence-corrected chi connectivity index (χ3v) is 1.95. The molecule has 0 atom stereocenters. The number of rotatable bonds is 3. The van der Waals surface area contributed by atoms with Crippen molar-refractivity contribution in [2.24, 2.45) is 0 Å². The first kappa shape index (κ1) is 13.6. The zero-order valence-corrected chi connectivity index (χ0v) is 10.9. The maximum atomic E-state index is 11.5. The second kappa shape index (κ2) is 5.23. The summed E-state index contributed by atoms with van der Waals surface area (Å²) in [5.74, 6) is 0.372. The van der Waals surface area contributed by atoms with Crippen LogP contribution in [0.2, 0.25) is 5.15 Å². The fourth-order valence-corrected chi connectivity index (χ4v) is 1.46. The van der Waals surface area contributed by atoms with Gasteiger partial charge in [-0.2, -0.15) is 0 Å². The molecular formula is C11H17ClN4O. The van der Waals surface area contributed by atoms with Crippen molar-refractivity contribution < 1.29 is 4.79 Å². The first-order valence-corrected chi connectivity index (χ1v) is 5.62. The number of hydrogen-bond acceptors (Lipinski definition) is 4. The molecule has 1 rings (SSSR count). The van der Waals surface area contributed by atoms with Gasteiger partial charge in [0.1, 0.15) is 11.0 Å². The minimum absolute atomic E-state index is 0.113. The third kappa shape index (κ3) is 5.40. The molecule has 17 heavy (non-hydrogen) atoms. The van der Waals surface area contributed by atoms with E-state index in [4.69, 9.17) is 17.3 Å². The number of carbonyl (C=O) groups is 1. The van der Waals surface area contributed by atoms with Crippen LogP contribution < -0.4 is 16.4 Å². The number of nitrogens with zero attached hydrogens (tertiary/aromatic N) is 1. The molecule has 0 saturated heterocycles. The Kier molecular flexibility index (Phi) is 4.17. The molecule has 0 bridgehead atoms. The monoisotopic (exact) mass is 256 g/mol. The van der Waals surface area contributed by atoms with Gasteiger partial charge in [0.15, 0.2) is 0 Å². The summed E-state index contributed by atoms with van der Waals surface area (Å²) in [6.45, 7) is 5.88. The van der Waals surface area contributed by atoms with Crippen molar-refractivity contribution in [2.75, 3.05) is 17.6 Å². The number of anilines is 2. The molecule has 1 aromatic rings. The van der Waals surface area contributed by atoms with Crippen LogP contribution in [0.1, 0.15) is 20.8 Å². The smallest absolute Gasteiger partial charge is 0.239 e. The normalized spacial score (nSPS) is 11.1. The number of nitrogens with two attached hydrogens (primary N) is 1. The van der Waals surface area contributed by atoms with E-state index < -0.39 is 0 Å². The minimum atomic E-state index is -0.250. The second-order valence-electron chi connectivity index (χ2n) is 4.76. The molecule has 4 N–H and O–H groups in total. The zero-order chi connectivity index (χ0) is 13.1. The molecule has 0 unspecified atom stereocenters. The molecule has 0 aliphatic carbocycles. The summed E-state index contributed by atoms with van der Waals surface area (Å²) in [5.41, 5.74) is 5.86. The maximum Gasteiger partial charge on any atom is 0.239 e. The Bertz CT molecular complexity index is 394. The Morgan fingerprint density at radius 2 is 2.12 bits per heavy atom. The van der Waals surface area contributed by atoms with Gasteiger partial charge >= 0.3 is 0 Å². The fourth-order valence-electron chi connectivity index (χ4n) is 1.24. The van der Waals surface area contributed by atoms with E-state index in [1.54, 1.807) is 12.1 Å². The van der Waals surface area contributed by atoms with Gasteiger partial charge in [-0.3, -0.25) is 4.79 Å². The zero-order valence-electron chi connectivity index (χ0n) is 10.2. The molecule has 0 spiro atoms. The highest BCUT2D eigenvalue weighted by molar-refractivity contribution is 6.29. The largest absolute Gasteiger partial charge is 0.399 e. The predicted octanol–water partition coefficient (Wildman–Crippen LogP) is 1.64. The average molecular weight is 257 g/mol. The quantitative estimate of drug-likeness (QED) is 0.719. The lowest BCUT2D eigenvalue weighted by molar-refractivity contribution is -0.120. The highest BCUT2D eigenvalue weighted by Crippen LogP contribution is 2.15. The van der Waals surface area contributed by atoms with Crippen molar-refractivity contribution in [2.45, 2.75) is 26.3 Å². The number of nitrogens with one attached hydrogen (secondary N) is 2. The summed E-state index contributed by atoms with van der Waals surface area (Å²) in [6.07, 6.45) is 0. The van der Waals surface area contributed by atoms with Crippen LogP contribution in [0.25, 0.3) is 0 Å². The van der Waals surface area contributed by atoms with Crippen molar-refractivity contribution >= 4 is 29.0 Å². The molecule has 0 fully saturated rings. The molecule has 0 radical (unpaired) electrons. The molecule has 5 nitrogen and oxygen atoms in total. The molecular weight excluding hydrogens is 240 g/mol. The number of hydrogen-bond donors (Lipinski definition) is 3. The summed E-state index contributed by atoms with van der Waals surface area (Å²) in [5, 5.41) is 5.98. The molecule has 1 amide bonds. The minimum Gasteiger partial charge on any atom is -0.399 e. The average Bonchev–Trinajstić information content (AvgIpc) is 2.10. The Morgan fingerprint density at radius 1 is 1.47 bits per heavy atom. The van der Waals surface area contributed by atoms with Gasteiger partial charge in [0, 0.05) is 17.3 Å². The maximum absolute atomic E-state index is 11.5. The molecule has 0 aliphatic heterocycles. The number of nitrogen functional groups attached to an aromatic ring is 1. The Balaban J connectivity index is 2.53. The van der Waals surface area contributed by atoms with Gasteiger partial charge in [0.2, 0.25) is 5.91 Å². The van der Waals surface area contributed by atoms with Gasteiger partial charge in [-0.25, -0.2) is 4.98 Å². The number of aromatic nitrogens is 1. The topological polar surface area (TPSA) is 80.0 Å². The first-order chi connectivity index (χ1) is 7.76. The molecule has 0 aromatic carbocycles. The summed E-state index contributed by atoms with van der Waals surface area (Å²) in [7, 11) is 0. The Morgan fingerprint density at radius 3 is 2.65 bits per heavy atom. The number of amides is 1.